The number of hydrogen-bond donors (Lipinski definition) is 2. The van der Waals surface area contributed by atoms with Crippen LogP contribution in [0.2, 0.25) is 5.02 Å². The SMILES string of the molecule is CC1C(=O)NC2=Nc3ccc(OCCCCCCCO)c(Cl)c3CN21. The first kappa shape index (κ1) is 18.0. The predicted molar refractivity (Wildman–Crippen MR) is 97.4 cm³/mol. The summed E-state index contributed by atoms with van der Waals surface area (Å²) in [7, 11) is 0. The van der Waals surface area contributed by atoms with E-state index in [1.165, 1.54) is 0 Å². The van der Waals surface area contributed by atoms with Gasteiger partial charge in [0.15, 0.2) is 0 Å². The van der Waals surface area contributed by atoms with Crippen LogP contribution in [0.15, 0.2) is 17.1 Å². The molecule has 7 heteroatoms. The summed E-state index contributed by atoms with van der Waals surface area (Å²) in [5.41, 5.74) is 1.68. The molecule has 1 aromatic carbocycles. The van der Waals surface area contributed by atoms with Crippen molar-refractivity contribution in [1.29, 1.82) is 0 Å². The number of carbonyl (C=O) groups is 1. The molecular weight excluding hydrogens is 342 g/mol. The van der Waals surface area contributed by atoms with Crippen molar-refractivity contribution in [2.24, 2.45) is 4.99 Å². The number of nitrogens with zero attached hydrogens (tertiary/aromatic N) is 2. The van der Waals surface area contributed by atoms with Crippen LogP contribution in [0.25, 0.3) is 0 Å². The normalized spacial score (nSPS) is 18.5. The molecule has 6 nitrogen and oxygen atoms in total. The van der Waals surface area contributed by atoms with Gasteiger partial charge >= 0.3 is 0 Å². The number of aliphatic hydroxyl groups is 1. The molecule has 1 aromatic rings. The zero-order valence-corrected chi connectivity index (χ0v) is 15.2. The number of fused-ring (bicyclic) bond motifs is 2. The lowest BCUT2D eigenvalue weighted by Gasteiger charge is -2.27. The molecule has 1 saturated heterocycles. The highest BCUT2D eigenvalue weighted by Gasteiger charge is 2.36. The van der Waals surface area contributed by atoms with Gasteiger partial charge in [0.05, 0.1) is 23.9 Å². The van der Waals surface area contributed by atoms with Crippen molar-refractivity contribution in [3.63, 3.8) is 0 Å². The van der Waals surface area contributed by atoms with E-state index in [1.807, 2.05) is 24.0 Å². The summed E-state index contributed by atoms with van der Waals surface area (Å²) >= 11 is 6.53. The minimum Gasteiger partial charge on any atom is -0.492 e. The third-order valence-corrected chi connectivity index (χ3v) is 5.07. The van der Waals surface area contributed by atoms with E-state index in [2.05, 4.69) is 10.3 Å². The maximum Gasteiger partial charge on any atom is 0.249 e. The Balaban J connectivity index is 1.60. The molecule has 136 valence electrons. The molecule has 0 aromatic heterocycles. The molecule has 3 rings (SSSR count). The highest BCUT2D eigenvalue weighted by Crippen LogP contribution is 2.39. The minimum atomic E-state index is -0.244. The van der Waals surface area contributed by atoms with Crippen molar-refractivity contribution in [3.8, 4) is 5.75 Å². The molecule has 1 amide bonds. The predicted octanol–water partition coefficient (Wildman–Crippen LogP) is 2.98. The van der Waals surface area contributed by atoms with Crippen LogP contribution in [0.1, 0.15) is 44.6 Å². The van der Waals surface area contributed by atoms with Crippen molar-refractivity contribution < 1.29 is 14.6 Å². The molecule has 2 heterocycles. The Morgan fingerprint density at radius 1 is 1.32 bits per heavy atom. The molecule has 2 N–H and O–H groups in total. The van der Waals surface area contributed by atoms with E-state index in [0.717, 1.165) is 43.4 Å². The maximum absolute atomic E-state index is 11.8. The molecule has 0 saturated carbocycles. The molecule has 25 heavy (non-hydrogen) atoms. The zero-order chi connectivity index (χ0) is 17.8. The molecule has 2 aliphatic rings. The first-order valence-electron chi connectivity index (χ1n) is 8.83. The average molecular weight is 366 g/mol. The number of nitrogens with one attached hydrogen (secondary N) is 1. The van der Waals surface area contributed by atoms with Crippen LogP contribution >= 0.6 is 11.6 Å². The molecule has 1 fully saturated rings. The number of unbranched alkanes of at least 4 members (excludes halogenated alkanes) is 4. The second-order valence-electron chi connectivity index (χ2n) is 6.44. The standard InChI is InChI=1S/C18H24ClN3O3/c1-12-17(24)21-18-20-14-7-8-15(16(19)13(14)11-22(12)18)25-10-6-4-2-3-5-9-23/h7-8,12,23H,2-6,9-11H2,1H3,(H,20,21,24). The number of carbonyl (C=O) groups excluding carboxylic acids is 1. The summed E-state index contributed by atoms with van der Waals surface area (Å²) in [5.74, 6) is 1.22. The van der Waals surface area contributed by atoms with Crippen LogP contribution in [-0.4, -0.2) is 41.1 Å². The van der Waals surface area contributed by atoms with E-state index in [0.29, 0.717) is 29.9 Å². The fourth-order valence-electron chi connectivity index (χ4n) is 3.08. The lowest BCUT2D eigenvalue weighted by atomic mass is 10.1. The third kappa shape index (κ3) is 3.90. The van der Waals surface area contributed by atoms with Crippen LogP contribution in [0.4, 0.5) is 5.69 Å². The van der Waals surface area contributed by atoms with Crippen LogP contribution in [0, 0.1) is 0 Å². The first-order valence-corrected chi connectivity index (χ1v) is 9.21. The van der Waals surface area contributed by atoms with E-state index in [9.17, 15) is 4.79 Å². The second-order valence-corrected chi connectivity index (χ2v) is 6.82. The number of benzene rings is 1. The van der Waals surface area contributed by atoms with Crippen molar-refractivity contribution >= 4 is 29.2 Å². The van der Waals surface area contributed by atoms with Gasteiger partial charge in [-0.25, -0.2) is 4.99 Å². The summed E-state index contributed by atoms with van der Waals surface area (Å²) in [5, 5.41) is 12.1. The Hall–Kier alpha value is -1.79. The van der Waals surface area contributed by atoms with Gasteiger partial charge in [0.1, 0.15) is 11.8 Å². The van der Waals surface area contributed by atoms with Gasteiger partial charge in [-0.1, -0.05) is 30.9 Å². The second kappa shape index (κ2) is 8.06. The summed E-state index contributed by atoms with van der Waals surface area (Å²) < 4.78 is 5.84. The first-order chi connectivity index (χ1) is 12.1. The maximum atomic E-state index is 11.8. The summed E-state index contributed by atoms with van der Waals surface area (Å²) in [6.45, 7) is 3.29. The van der Waals surface area contributed by atoms with E-state index < -0.39 is 0 Å². The lowest BCUT2D eigenvalue weighted by Crippen LogP contribution is -2.35. The van der Waals surface area contributed by atoms with Crippen LogP contribution in [-0.2, 0) is 11.3 Å². The number of hydrogen-bond acceptors (Lipinski definition) is 5. The Morgan fingerprint density at radius 2 is 2.08 bits per heavy atom. The Bertz CT molecular complexity index is 678. The molecule has 2 aliphatic heterocycles. The fourth-order valence-corrected chi connectivity index (χ4v) is 3.36. The van der Waals surface area contributed by atoms with Gasteiger partial charge < -0.3 is 14.7 Å². The number of guanidine groups is 1. The van der Waals surface area contributed by atoms with Gasteiger partial charge in [0, 0.05) is 12.2 Å². The molecule has 0 aliphatic carbocycles. The molecule has 0 spiro atoms. The van der Waals surface area contributed by atoms with E-state index in [1.54, 1.807) is 0 Å². The van der Waals surface area contributed by atoms with Crippen molar-refractivity contribution in [3.05, 3.63) is 22.7 Å². The topological polar surface area (TPSA) is 74.2 Å². The van der Waals surface area contributed by atoms with Gasteiger partial charge in [-0.2, -0.15) is 0 Å². The molecular formula is C18H24ClN3O3. The number of ether oxygens (including phenoxy) is 1. The Labute approximate surface area is 152 Å². The van der Waals surface area contributed by atoms with Gasteiger partial charge in [0.2, 0.25) is 11.9 Å². The Morgan fingerprint density at radius 3 is 2.88 bits per heavy atom. The highest BCUT2D eigenvalue weighted by molar-refractivity contribution is 6.33. The van der Waals surface area contributed by atoms with Crippen molar-refractivity contribution in [1.82, 2.24) is 10.2 Å². The summed E-state index contributed by atoms with van der Waals surface area (Å²) in [6.07, 6.45) is 5.06. The van der Waals surface area contributed by atoms with Gasteiger partial charge in [-0.15, -0.1) is 0 Å². The highest BCUT2D eigenvalue weighted by atomic mass is 35.5. The number of aliphatic imine (C=N–C) groups is 1. The average Bonchev–Trinajstić information content (AvgIpc) is 2.88. The zero-order valence-electron chi connectivity index (χ0n) is 14.4. The smallest absolute Gasteiger partial charge is 0.249 e. The third-order valence-electron chi connectivity index (χ3n) is 4.65. The number of halogens is 1. The molecule has 1 atom stereocenters. The monoisotopic (exact) mass is 365 g/mol. The number of rotatable bonds is 8. The van der Waals surface area contributed by atoms with Crippen molar-refractivity contribution in [2.45, 2.75) is 51.6 Å². The van der Waals surface area contributed by atoms with Gasteiger partial charge in [-0.05, 0) is 31.9 Å². The van der Waals surface area contributed by atoms with Crippen molar-refractivity contribution in [2.75, 3.05) is 13.2 Å². The van der Waals surface area contributed by atoms with E-state index >= 15 is 0 Å². The molecule has 0 bridgehead atoms. The quantitative estimate of drug-likeness (QED) is 0.694. The minimum absolute atomic E-state index is 0.0413. The van der Waals surface area contributed by atoms with Gasteiger partial charge in [0.25, 0.3) is 0 Å². The van der Waals surface area contributed by atoms with E-state index in [4.69, 9.17) is 21.4 Å². The number of amides is 1. The largest absolute Gasteiger partial charge is 0.492 e. The lowest BCUT2D eigenvalue weighted by molar-refractivity contribution is -0.121. The fraction of sp³-hybridized carbons (Fsp3) is 0.556. The van der Waals surface area contributed by atoms with E-state index in [-0.39, 0.29) is 18.6 Å². The number of aliphatic hydroxyl groups excluding tert-OH is 1. The van der Waals surface area contributed by atoms with Crippen LogP contribution in [0.5, 0.6) is 5.75 Å². The molecule has 1 unspecified atom stereocenters. The van der Waals surface area contributed by atoms with Crippen LogP contribution in [0.3, 0.4) is 0 Å². The summed E-state index contributed by atoms with van der Waals surface area (Å²) in [6, 6.07) is 3.48. The summed E-state index contributed by atoms with van der Waals surface area (Å²) in [4.78, 5) is 18.2. The van der Waals surface area contributed by atoms with Crippen LogP contribution < -0.4 is 10.1 Å². The molecule has 0 radical (unpaired) electrons. The Kier molecular flexibility index (Phi) is 5.81. The van der Waals surface area contributed by atoms with Gasteiger partial charge in [-0.3, -0.25) is 10.1 Å².